The number of aryl methyl sites for hydroxylation is 1. The van der Waals surface area contributed by atoms with Crippen LogP contribution < -0.4 is 16.0 Å². The first kappa shape index (κ1) is 37.5. The third kappa shape index (κ3) is 6.95. The van der Waals surface area contributed by atoms with E-state index >= 15 is 0 Å². The van der Waals surface area contributed by atoms with Crippen LogP contribution in [0.25, 0.3) is 0 Å². The normalized spacial score (nSPS) is 23.5. The van der Waals surface area contributed by atoms with Crippen LogP contribution >= 0.6 is 11.8 Å². The number of hydrogen-bond donors (Lipinski definition) is 0. The minimum absolute atomic E-state index is 0.0836. The highest BCUT2D eigenvalue weighted by Crippen LogP contribution is 2.51. The molecule has 4 atom stereocenters. The summed E-state index contributed by atoms with van der Waals surface area (Å²) in [4.78, 5) is 42.3. The van der Waals surface area contributed by atoms with Crippen molar-refractivity contribution in [3.05, 3.63) is 92.8 Å². The van der Waals surface area contributed by atoms with Gasteiger partial charge in [0.2, 0.25) is 0 Å². The van der Waals surface area contributed by atoms with Crippen LogP contribution in [0.4, 0.5) is 0 Å². The molecule has 0 N–H and O–H groups in total. The summed E-state index contributed by atoms with van der Waals surface area (Å²) < 4.78 is 36.3. The Balaban J connectivity index is 1.69. The average Bonchev–Trinajstić information content (AvgIpc) is 3.38. The Bertz CT molecular complexity index is 1730. The molecule has 2 saturated heterocycles. The standard InChI is InChI=1S/C36H50N2O8SSi2/c1-22(2)48(23(3)4)43-21-30-31(45-49(46-48,24(5)6)25(7)8)32(47-29-18-16-28(42-10)17-19-29)35(44-30)37-20-26(9)33(39)38(36(37)41)34(40)27-14-12-11-13-15-27/h11-20,22-25,30-32,35H,21H2,1-10H3/t30-,31-,32+,35+/m1/s1. The third-order valence-electron chi connectivity index (χ3n) is 9.73. The number of benzene rings is 2. The molecule has 49 heavy (non-hydrogen) atoms. The van der Waals surface area contributed by atoms with Crippen LogP contribution in [-0.4, -0.2) is 63.3 Å². The Hall–Kier alpha value is -2.79. The summed E-state index contributed by atoms with van der Waals surface area (Å²) in [6.07, 6.45) is -0.474. The Kier molecular flexibility index (Phi) is 11.3. The van der Waals surface area contributed by atoms with E-state index in [0.29, 0.717) is 4.57 Å². The van der Waals surface area contributed by atoms with Gasteiger partial charge in [-0.2, -0.15) is 4.57 Å². The summed E-state index contributed by atoms with van der Waals surface area (Å²) in [5.74, 6) is 0.0265. The van der Waals surface area contributed by atoms with Crippen molar-refractivity contribution in [1.82, 2.24) is 9.13 Å². The summed E-state index contributed by atoms with van der Waals surface area (Å²) >= 11 is 1.53. The summed E-state index contributed by atoms with van der Waals surface area (Å²) in [7, 11) is -4.29. The minimum atomic E-state index is -3.05. The lowest BCUT2D eigenvalue weighted by atomic mass is 10.2. The van der Waals surface area contributed by atoms with Gasteiger partial charge in [-0.1, -0.05) is 73.6 Å². The van der Waals surface area contributed by atoms with Gasteiger partial charge >= 0.3 is 22.8 Å². The molecule has 0 radical (unpaired) electrons. The molecule has 0 saturated carbocycles. The van der Waals surface area contributed by atoms with E-state index in [1.807, 2.05) is 24.3 Å². The number of thioether (sulfide) groups is 1. The summed E-state index contributed by atoms with van der Waals surface area (Å²) in [5.41, 5.74) is -0.495. The van der Waals surface area contributed by atoms with Gasteiger partial charge in [-0.25, -0.2) is 4.79 Å². The molecule has 0 aliphatic carbocycles. The Morgan fingerprint density at radius 1 is 0.878 bits per heavy atom. The van der Waals surface area contributed by atoms with Gasteiger partial charge in [-0.05, 0) is 65.5 Å². The molecule has 0 bridgehead atoms. The zero-order chi connectivity index (χ0) is 35.8. The summed E-state index contributed by atoms with van der Waals surface area (Å²) in [6, 6.07) is 16.0. The largest absolute Gasteiger partial charge is 0.497 e. The van der Waals surface area contributed by atoms with Crippen molar-refractivity contribution >= 4 is 34.8 Å². The van der Waals surface area contributed by atoms with Crippen molar-refractivity contribution < 1.29 is 27.2 Å². The van der Waals surface area contributed by atoms with Crippen molar-refractivity contribution in [2.24, 2.45) is 0 Å². The highest BCUT2D eigenvalue weighted by Gasteiger charge is 2.62. The van der Waals surface area contributed by atoms with Gasteiger partial charge in [-0.3, -0.25) is 14.2 Å². The molecule has 266 valence electrons. The first-order chi connectivity index (χ1) is 23.2. The fraction of sp³-hybridized carbons (Fsp3) is 0.528. The zero-order valence-electron chi connectivity index (χ0n) is 30.2. The van der Waals surface area contributed by atoms with Crippen molar-refractivity contribution in [2.45, 2.75) is 113 Å². The molecule has 2 aliphatic heterocycles. The van der Waals surface area contributed by atoms with E-state index in [2.05, 4.69) is 55.4 Å². The van der Waals surface area contributed by atoms with Crippen LogP contribution in [-0.2, 0) is 17.7 Å². The Labute approximate surface area is 295 Å². The first-order valence-corrected chi connectivity index (χ1v) is 21.9. The van der Waals surface area contributed by atoms with Gasteiger partial charge in [0.05, 0.1) is 25.1 Å². The Morgan fingerprint density at radius 3 is 2.02 bits per heavy atom. The smallest absolute Gasteiger partial charge is 0.340 e. The van der Waals surface area contributed by atoms with Crippen LogP contribution in [0.2, 0.25) is 22.2 Å². The van der Waals surface area contributed by atoms with Crippen LogP contribution in [0.1, 0.15) is 77.5 Å². The molecule has 3 heterocycles. The van der Waals surface area contributed by atoms with Crippen molar-refractivity contribution in [3.63, 3.8) is 0 Å². The highest BCUT2D eigenvalue weighted by molar-refractivity contribution is 8.00. The number of fused-ring (bicyclic) bond motifs is 1. The molecule has 10 nitrogen and oxygen atoms in total. The van der Waals surface area contributed by atoms with Crippen LogP contribution in [0.15, 0.2) is 75.3 Å². The zero-order valence-corrected chi connectivity index (χ0v) is 33.0. The molecule has 2 aliphatic rings. The quantitative estimate of drug-likeness (QED) is 0.215. The number of aromatic nitrogens is 2. The second-order valence-electron chi connectivity index (χ2n) is 14.2. The molecular formula is C36H50N2O8SSi2. The van der Waals surface area contributed by atoms with E-state index in [1.54, 1.807) is 44.4 Å². The molecular weight excluding hydrogens is 677 g/mol. The summed E-state index contributed by atoms with van der Waals surface area (Å²) in [5, 5.41) is -0.475. The topological polar surface area (TPSA) is 107 Å². The molecule has 3 aromatic rings. The number of hydrogen-bond acceptors (Lipinski definition) is 9. The number of carbonyl (C=O) groups is 1. The molecule has 0 spiro atoms. The molecule has 0 unspecified atom stereocenters. The van der Waals surface area contributed by atoms with E-state index in [9.17, 15) is 14.4 Å². The van der Waals surface area contributed by atoms with Crippen molar-refractivity contribution in [2.75, 3.05) is 13.7 Å². The number of methoxy groups -OCH3 is 1. The predicted molar refractivity (Wildman–Crippen MR) is 196 cm³/mol. The van der Waals surface area contributed by atoms with Gasteiger partial charge in [0, 0.05) is 22.2 Å². The lowest BCUT2D eigenvalue weighted by Gasteiger charge is -2.51. The second-order valence-corrected chi connectivity index (χ2v) is 24.3. The number of carbonyl (C=O) groups excluding carboxylic acids is 1. The molecule has 13 heteroatoms. The van der Waals surface area contributed by atoms with Crippen molar-refractivity contribution in [1.29, 1.82) is 0 Å². The summed E-state index contributed by atoms with van der Waals surface area (Å²) in [6.45, 7) is 19.2. The van der Waals surface area contributed by atoms with E-state index in [0.717, 1.165) is 10.6 Å². The van der Waals surface area contributed by atoms with Crippen LogP contribution in [0.5, 0.6) is 5.75 Å². The van der Waals surface area contributed by atoms with Crippen LogP contribution in [0, 0.1) is 6.92 Å². The Morgan fingerprint density at radius 2 is 1.47 bits per heavy atom. The lowest BCUT2D eigenvalue weighted by molar-refractivity contribution is -0.0567. The van der Waals surface area contributed by atoms with Gasteiger partial charge in [0.1, 0.15) is 11.9 Å². The van der Waals surface area contributed by atoms with E-state index in [-0.39, 0.29) is 39.9 Å². The minimum Gasteiger partial charge on any atom is -0.497 e. The number of nitrogens with zero attached hydrogens (tertiary/aromatic N) is 2. The SMILES string of the molecule is COc1ccc(S[C@H]2[C@@H]3O[Si](C(C)C)(C(C)C)O[Si](C(C)C)(C(C)C)OC[C@H]3O[C@@H]2n2cc(C)c(=O)n(C(=O)c3ccccc3)c2=O)cc1. The molecule has 0 amide bonds. The van der Waals surface area contributed by atoms with E-state index in [4.69, 9.17) is 22.4 Å². The maximum absolute atomic E-state index is 14.3. The maximum Gasteiger partial charge on any atom is 0.340 e. The van der Waals surface area contributed by atoms with Crippen LogP contribution in [0.3, 0.4) is 0 Å². The van der Waals surface area contributed by atoms with Gasteiger partial charge < -0.3 is 22.4 Å². The lowest BCUT2D eigenvalue weighted by Crippen LogP contribution is -2.65. The third-order valence-corrected chi connectivity index (χ3v) is 21.3. The van der Waals surface area contributed by atoms with Gasteiger partial charge in [0.15, 0.2) is 6.23 Å². The van der Waals surface area contributed by atoms with E-state index in [1.165, 1.54) is 22.5 Å². The van der Waals surface area contributed by atoms with Gasteiger partial charge in [-0.15, -0.1) is 11.8 Å². The van der Waals surface area contributed by atoms with Gasteiger partial charge in [0.25, 0.3) is 11.5 Å². The second kappa shape index (κ2) is 14.8. The first-order valence-electron chi connectivity index (χ1n) is 17.1. The molecule has 2 fully saturated rings. The number of rotatable bonds is 9. The number of ether oxygens (including phenoxy) is 2. The van der Waals surface area contributed by atoms with Crippen molar-refractivity contribution in [3.8, 4) is 5.75 Å². The molecule has 5 rings (SSSR count). The predicted octanol–water partition coefficient (Wildman–Crippen LogP) is 7.03. The van der Waals surface area contributed by atoms with E-state index < -0.39 is 58.0 Å². The fourth-order valence-electron chi connectivity index (χ4n) is 7.05. The molecule has 1 aromatic heterocycles. The maximum atomic E-state index is 14.3. The average molecular weight is 727 g/mol. The highest BCUT2D eigenvalue weighted by atomic mass is 32.2. The monoisotopic (exact) mass is 726 g/mol. The fourth-order valence-corrected chi connectivity index (χ4v) is 19.7. The molecule has 2 aromatic carbocycles.